The van der Waals surface area contributed by atoms with Crippen LogP contribution in [0.1, 0.15) is 29.7 Å². The van der Waals surface area contributed by atoms with Crippen molar-refractivity contribution in [1.29, 1.82) is 0 Å². The van der Waals surface area contributed by atoms with Crippen molar-refractivity contribution in [3.8, 4) is 11.5 Å². The molecule has 0 aliphatic rings. The lowest BCUT2D eigenvalue weighted by Gasteiger charge is -2.15. The van der Waals surface area contributed by atoms with Gasteiger partial charge in [-0.05, 0) is 68.8 Å². The van der Waals surface area contributed by atoms with Gasteiger partial charge in [-0.3, -0.25) is 0 Å². The van der Waals surface area contributed by atoms with Gasteiger partial charge in [-0.2, -0.15) is 0 Å². The molecule has 20 heavy (non-hydrogen) atoms. The molecular formula is C17H20ClNO. The zero-order valence-electron chi connectivity index (χ0n) is 12.3. The summed E-state index contributed by atoms with van der Waals surface area (Å²) < 4.78 is 6.04. The lowest BCUT2D eigenvalue weighted by molar-refractivity contribution is 0.473. The summed E-state index contributed by atoms with van der Waals surface area (Å²) in [6.07, 6.45) is 0. The first-order valence-corrected chi connectivity index (χ1v) is 7.11. The van der Waals surface area contributed by atoms with Crippen LogP contribution < -0.4 is 10.1 Å². The minimum absolute atomic E-state index is 0.297. The summed E-state index contributed by atoms with van der Waals surface area (Å²) in [7, 11) is 1.95. The van der Waals surface area contributed by atoms with E-state index >= 15 is 0 Å². The molecule has 0 saturated heterocycles. The number of rotatable bonds is 4. The molecule has 0 amide bonds. The molecule has 2 rings (SSSR count). The molecule has 106 valence electrons. The second-order valence-electron chi connectivity index (χ2n) is 5.05. The van der Waals surface area contributed by atoms with E-state index in [0.717, 1.165) is 27.6 Å². The average Bonchev–Trinajstić information content (AvgIpc) is 2.42. The van der Waals surface area contributed by atoms with E-state index in [0.29, 0.717) is 6.04 Å². The number of benzene rings is 2. The average molecular weight is 290 g/mol. The quantitative estimate of drug-likeness (QED) is 0.852. The number of ether oxygens (including phenoxy) is 1. The van der Waals surface area contributed by atoms with Gasteiger partial charge in [-0.25, -0.2) is 0 Å². The highest BCUT2D eigenvalue weighted by atomic mass is 35.5. The van der Waals surface area contributed by atoms with Crippen molar-refractivity contribution in [3.05, 3.63) is 58.1 Å². The summed E-state index contributed by atoms with van der Waals surface area (Å²) in [6.45, 7) is 6.14. The zero-order valence-corrected chi connectivity index (χ0v) is 13.1. The third-order valence-electron chi connectivity index (χ3n) is 3.44. The molecule has 2 nitrogen and oxygen atoms in total. The third-order valence-corrected chi connectivity index (χ3v) is 3.65. The summed E-state index contributed by atoms with van der Waals surface area (Å²) in [5, 5.41) is 3.97. The van der Waals surface area contributed by atoms with Crippen molar-refractivity contribution in [3.63, 3.8) is 0 Å². The van der Waals surface area contributed by atoms with Crippen molar-refractivity contribution in [1.82, 2.24) is 5.32 Å². The van der Waals surface area contributed by atoms with Gasteiger partial charge in [-0.15, -0.1) is 0 Å². The Morgan fingerprint density at radius 2 is 1.75 bits per heavy atom. The molecule has 1 atom stereocenters. The summed E-state index contributed by atoms with van der Waals surface area (Å²) in [4.78, 5) is 0. The Bertz CT molecular complexity index is 587. The third kappa shape index (κ3) is 3.33. The van der Waals surface area contributed by atoms with Gasteiger partial charge >= 0.3 is 0 Å². The number of halogens is 1. The zero-order chi connectivity index (χ0) is 14.7. The first kappa shape index (κ1) is 14.9. The Balaban J connectivity index is 2.31. The van der Waals surface area contributed by atoms with E-state index in [1.165, 1.54) is 5.56 Å². The molecule has 0 saturated carbocycles. The lowest BCUT2D eigenvalue weighted by atomic mass is 10.1. The number of hydrogen-bond donors (Lipinski definition) is 1. The fourth-order valence-corrected chi connectivity index (χ4v) is 2.52. The van der Waals surface area contributed by atoms with Crippen LogP contribution >= 0.6 is 11.6 Å². The van der Waals surface area contributed by atoms with Gasteiger partial charge in [0, 0.05) is 11.1 Å². The molecule has 0 heterocycles. The van der Waals surface area contributed by atoms with E-state index in [2.05, 4.69) is 24.4 Å². The lowest BCUT2D eigenvalue weighted by Crippen LogP contribution is -2.12. The molecule has 0 aliphatic heterocycles. The Morgan fingerprint density at radius 1 is 1.10 bits per heavy atom. The summed E-state index contributed by atoms with van der Waals surface area (Å²) in [5.41, 5.74) is 3.29. The highest BCUT2D eigenvalue weighted by Crippen LogP contribution is 2.32. The van der Waals surface area contributed by atoms with Crippen molar-refractivity contribution in [2.75, 3.05) is 7.05 Å². The summed E-state index contributed by atoms with van der Waals surface area (Å²) in [6, 6.07) is 12.3. The Morgan fingerprint density at radius 3 is 2.35 bits per heavy atom. The summed E-state index contributed by atoms with van der Waals surface area (Å²) >= 11 is 6.05. The molecule has 0 aromatic heterocycles. The Hall–Kier alpha value is -1.51. The van der Waals surface area contributed by atoms with E-state index in [9.17, 15) is 0 Å². The fourth-order valence-electron chi connectivity index (χ4n) is 2.19. The van der Waals surface area contributed by atoms with Crippen LogP contribution in [0.5, 0.6) is 11.5 Å². The van der Waals surface area contributed by atoms with Gasteiger partial charge in [0.25, 0.3) is 0 Å². The van der Waals surface area contributed by atoms with Gasteiger partial charge in [0.05, 0.1) is 0 Å². The molecule has 0 fully saturated rings. The monoisotopic (exact) mass is 289 g/mol. The first-order chi connectivity index (χ1) is 9.51. The van der Waals surface area contributed by atoms with E-state index < -0.39 is 0 Å². The van der Waals surface area contributed by atoms with Gasteiger partial charge < -0.3 is 10.1 Å². The van der Waals surface area contributed by atoms with Crippen LogP contribution in [0.4, 0.5) is 0 Å². The second kappa shape index (κ2) is 6.29. The van der Waals surface area contributed by atoms with E-state index in [1.807, 2.05) is 45.2 Å². The van der Waals surface area contributed by atoms with Crippen molar-refractivity contribution in [2.45, 2.75) is 26.8 Å². The number of aryl methyl sites for hydroxylation is 2. The molecule has 0 spiro atoms. The number of nitrogens with one attached hydrogen (secondary N) is 1. The van der Waals surface area contributed by atoms with Gasteiger partial charge in [0.2, 0.25) is 0 Å². The van der Waals surface area contributed by atoms with E-state index in [1.54, 1.807) is 0 Å². The molecule has 1 N–H and O–H groups in total. The van der Waals surface area contributed by atoms with Gasteiger partial charge in [-0.1, -0.05) is 23.7 Å². The van der Waals surface area contributed by atoms with Crippen molar-refractivity contribution in [2.24, 2.45) is 0 Å². The molecule has 0 bridgehead atoms. The van der Waals surface area contributed by atoms with Crippen LogP contribution in [-0.2, 0) is 0 Å². The second-order valence-corrected chi connectivity index (χ2v) is 5.49. The molecule has 2 aromatic rings. The minimum Gasteiger partial charge on any atom is -0.457 e. The van der Waals surface area contributed by atoms with E-state index in [-0.39, 0.29) is 0 Å². The Labute approximate surface area is 125 Å². The van der Waals surface area contributed by atoms with E-state index in [4.69, 9.17) is 16.3 Å². The normalized spacial score (nSPS) is 12.2. The fraction of sp³-hybridized carbons (Fsp3) is 0.294. The van der Waals surface area contributed by atoms with Crippen LogP contribution in [0.2, 0.25) is 5.02 Å². The maximum absolute atomic E-state index is 6.05. The summed E-state index contributed by atoms with van der Waals surface area (Å²) in [5.74, 6) is 1.72. The van der Waals surface area contributed by atoms with Crippen molar-refractivity contribution >= 4 is 11.6 Å². The van der Waals surface area contributed by atoms with Crippen molar-refractivity contribution < 1.29 is 4.74 Å². The topological polar surface area (TPSA) is 21.3 Å². The molecule has 0 radical (unpaired) electrons. The van der Waals surface area contributed by atoms with Crippen LogP contribution in [0.15, 0.2) is 36.4 Å². The molecular weight excluding hydrogens is 270 g/mol. The van der Waals surface area contributed by atoms with Gasteiger partial charge in [0.1, 0.15) is 11.5 Å². The molecule has 2 aromatic carbocycles. The standard InChI is InChI=1S/C17H20ClNO/c1-11-8-15(18)9-12(2)17(11)20-16-7-5-6-14(10-16)13(3)19-4/h5-10,13,19H,1-4H3. The highest BCUT2D eigenvalue weighted by Gasteiger charge is 2.09. The first-order valence-electron chi connectivity index (χ1n) is 6.73. The van der Waals surface area contributed by atoms with Crippen LogP contribution in [0, 0.1) is 13.8 Å². The number of hydrogen-bond acceptors (Lipinski definition) is 2. The molecule has 1 unspecified atom stereocenters. The van der Waals surface area contributed by atoms with Crippen LogP contribution in [0.3, 0.4) is 0 Å². The molecule has 3 heteroatoms. The largest absolute Gasteiger partial charge is 0.457 e. The predicted octanol–water partition coefficient (Wildman–Crippen LogP) is 5.03. The highest BCUT2D eigenvalue weighted by molar-refractivity contribution is 6.30. The van der Waals surface area contributed by atoms with Crippen LogP contribution in [0.25, 0.3) is 0 Å². The Kier molecular flexibility index (Phi) is 4.69. The maximum atomic E-state index is 6.05. The maximum Gasteiger partial charge on any atom is 0.133 e. The molecule has 0 aliphatic carbocycles. The van der Waals surface area contributed by atoms with Crippen LogP contribution in [-0.4, -0.2) is 7.05 Å². The minimum atomic E-state index is 0.297. The smallest absolute Gasteiger partial charge is 0.133 e. The predicted molar refractivity (Wildman–Crippen MR) is 84.9 cm³/mol. The van der Waals surface area contributed by atoms with Gasteiger partial charge in [0.15, 0.2) is 0 Å². The SMILES string of the molecule is CNC(C)c1cccc(Oc2c(C)cc(Cl)cc2C)c1.